The number of nitrogens with zero attached hydrogens (tertiary/aromatic N) is 1. The molecule has 0 aliphatic carbocycles. The van der Waals surface area contributed by atoms with Crippen molar-refractivity contribution in [1.82, 2.24) is 10.2 Å². The number of carbonyl (C=O) groups excluding carboxylic acids is 2. The van der Waals surface area contributed by atoms with Crippen molar-refractivity contribution in [3.8, 4) is 0 Å². The Hall–Kier alpha value is -1.72. The van der Waals surface area contributed by atoms with E-state index in [4.69, 9.17) is 4.74 Å². The van der Waals surface area contributed by atoms with Crippen molar-refractivity contribution in [2.75, 3.05) is 39.4 Å². The molecule has 1 aromatic carbocycles. The Balaban J connectivity index is 1.76. The average molecular weight is 332 g/mol. The Kier molecular flexibility index (Phi) is 6.52. The Labute approximate surface area is 144 Å². The van der Waals surface area contributed by atoms with Gasteiger partial charge in [0.05, 0.1) is 13.2 Å². The summed E-state index contributed by atoms with van der Waals surface area (Å²) in [4.78, 5) is 26.5. The molecule has 1 aliphatic rings. The molecule has 0 unspecified atom stereocenters. The van der Waals surface area contributed by atoms with E-state index >= 15 is 0 Å². The van der Waals surface area contributed by atoms with Crippen LogP contribution in [0.1, 0.15) is 43.1 Å². The number of Topliss-reactive ketones (excluding diaryl/α,β-unsaturated/α-hetero) is 1. The fourth-order valence-electron chi connectivity index (χ4n) is 2.66. The molecule has 1 heterocycles. The molecule has 0 saturated carbocycles. The molecule has 0 bridgehead atoms. The van der Waals surface area contributed by atoms with E-state index in [1.54, 1.807) is 12.1 Å². The van der Waals surface area contributed by atoms with E-state index in [1.165, 1.54) is 0 Å². The molecule has 1 amide bonds. The number of rotatable bonds is 6. The molecule has 0 radical (unpaired) electrons. The van der Waals surface area contributed by atoms with E-state index in [1.807, 2.05) is 12.1 Å². The second kappa shape index (κ2) is 8.40. The van der Waals surface area contributed by atoms with Crippen molar-refractivity contribution in [1.29, 1.82) is 0 Å². The smallest absolute Gasteiger partial charge is 0.292 e. The van der Waals surface area contributed by atoms with Crippen LogP contribution in [0, 0.1) is 0 Å². The van der Waals surface area contributed by atoms with E-state index in [2.05, 4.69) is 31.0 Å². The highest BCUT2D eigenvalue weighted by Crippen LogP contribution is 2.22. The fourth-order valence-corrected chi connectivity index (χ4v) is 2.66. The molecule has 1 aromatic rings. The molecule has 0 aromatic heterocycles. The Morgan fingerprint density at radius 1 is 1.12 bits per heavy atom. The number of ketones is 1. The number of nitrogens with one attached hydrogen (secondary N) is 1. The normalized spacial score (nSPS) is 16.0. The molecule has 24 heavy (non-hydrogen) atoms. The van der Waals surface area contributed by atoms with Gasteiger partial charge in [0, 0.05) is 25.2 Å². The second-order valence-electron chi connectivity index (χ2n) is 7.22. The average Bonchev–Trinajstić information content (AvgIpc) is 2.58. The second-order valence-corrected chi connectivity index (χ2v) is 7.22. The third kappa shape index (κ3) is 5.42. The van der Waals surface area contributed by atoms with Crippen molar-refractivity contribution < 1.29 is 14.3 Å². The van der Waals surface area contributed by atoms with Crippen LogP contribution in [0.3, 0.4) is 0 Å². The minimum absolute atomic E-state index is 0.0311. The fraction of sp³-hybridized carbons (Fsp3) is 0.579. The predicted octanol–water partition coefficient (Wildman–Crippen LogP) is 2.01. The first-order valence-electron chi connectivity index (χ1n) is 8.61. The summed E-state index contributed by atoms with van der Waals surface area (Å²) < 4.78 is 5.30. The maximum atomic E-state index is 12.2. The summed E-state index contributed by atoms with van der Waals surface area (Å²) in [5.41, 5.74) is 1.61. The van der Waals surface area contributed by atoms with E-state index in [0.29, 0.717) is 12.1 Å². The van der Waals surface area contributed by atoms with E-state index in [9.17, 15) is 9.59 Å². The molecule has 1 saturated heterocycles. The van der Waals surface area contributed by atoms with Gasteiger partial charge in [-0.1, -0.05) is 45.0 Å². The first-order chi connectivity index (χ1) is 11.4. The number of amides is 1. The molecule has 0 atom stereocenters. The van der Waals surface area contributed by atoms with E-state index < -0.39 is 11.7 Å². The number of morpholine rings is 1. The van der Waals surface area contributed by atoms with Crippen LogP contribution >= 0.6 is 0 Å². The van der Waals surface area contributed by atoms with Gasteiger partial charge in [-0.2, -0.15) is 0 Å². The number of hydrogen-bond acceptors (Lipinski definition) is 4. The van der Waals surface area contributed by atoms with Gasteiger partial charge in [0.15, 0.2) is 0 Å². The van der Waals surface area contributed by atoms with Crippen molar-refractivity contribution in [3.63, 3.8) is 0 Å². The first kappa shape index (κ1) is 18.6. The van der Waals surface area contributed by atoms with Crippen molar-refractivity contribution >= 4 is 11.7 Å². The van der Waals surface area contributed by atoms with Gasteiger partial charge in [0.25, 0.3) is 5.91 Å². The van der Waals surface area contributed by atoms with Crippen molar-refractivity contribution in [2.45, 2.75) is 32.6 Å². The lowest BCUT2D eigenvalue weighted by molar-refractivity contribution is -0.117. The van der Waals surface area contributed by atoms with Crippen LogP contribution in [0.15, 0.2) is 24.3 Å². The van der Waals surface area contributed by atoms with Crippen molar-refractivity contribution in [2.24, 2.45) is 0 Å². The summed E-state index contributed by atoms with van der Waals surface area (Å²) in [6, 6.07) is 7.30. The maximum Gasteiger partial charge on any atom is 0.292 e. The minimum atomic E-state index is -0.527. The van der Waals surface area contributed by atoms with Crippen LogP contribution in [-0.2, 0) is 14.9 Å². The molecule has 1 fully saturated rings. The van der Waals surface area contributed by atoms with Gasteiger partial charge in [0.2, 0.25) is 5.78 Å². The number of hydrogen-bond donors (Lipinski definition) is 1. The molecule has 132 valence electrons. The third-order valence-corrected chi connectivity index (χ3v) is 4.26. The molecular formula is C19H28N2O3. The lowest BCUT2D eigenvalue weighted by atomic mass is 9.86. The highest BCUT2D eigenvalue weighted by molar-refractivity contribution is 6.42. The highest BCUT2D eigenvalue weighted by Gasteiger charge is 2.18. The summed E-state index contributed by atoms with van der Waals surface area (Å²) in [6.07, 6.45) is 0.835. The van der Waals surface area contributed by atoms with E-state index in [-0.39, 0.29) is 5.41 Å². The van der Waals surface area contributed by atoms with Crippen LogP contribution in [0.5, 0.6) is 0 Å². The lowest BCUT2D eigenvalue weighted by Crippen LogP contribution is -2.38. The van der Waals surface area contributed by atoms with Crippen LogP contribution in [0.2, 0.25) is 0 Å². The molecule has 2 rings (SSSR count). The quantitative estimate of drug-likeness (QED) is 0.492. The lowest BCUT2D eigenvalue weighted by Gasteiger charge is -2.26. The summed E-state index contributed by atoms with van der Waals surface area (Å²) in [7, 11) is 0. The Morgan fingerprint density at radius 2 is 1.75 bits per heavy atom. The summed E-state index contributed by atoms with van der Waals surface area (Å²) >= 11 is 0. The van der Waals surface area contributed by atoms with Crippen LogP contribution < -0.4 is 5.32 Å². The van der Waals surface area contributed by atoms with Gasteiger partial charge < -0.3 is 10.1 Å². The van der Waals surface area contributed by atoms with Crippen LogP contribution in [0.4, 0.5) is 0 Å². The van der Waals surface area contributed by atoms with Gasteiger partial charge in [-0.25, -0.2) is 0 Å². The number of benzene rings is 1. The molecule has 5 heteroatoms. The molecular weight excluding hydrogens is 304 g/mol. The van der Waals surface area contributed by atoms with Gasteiger partial charge >= 0.3 is 0 Å². The molecule has 0 spiro atoms. The SMILES string of the molecule is CC(C)(C)c1ccc(C(=O)C(=O)NCCCN2CCOCC2)cc1. The number of carbonyl (C=O) groups is 2. The van der Waals surface area contributed by atoms with Gasteiger partial charge in [-0.3, -0.25) is 14.5 Å². The Morgan fingerprint density at radius 3 is 2.33 bits per heavy atom. The zero-order chi connectivity index (χ0) is 17.6. The first-order valence-corrected chi connectivity index (χ1v) is 8.61. The summed E-state index contributed by atoms with van der Waals surface area (Å²) in [5.74, 6) is -0.998. The van der Waals surface area contributed by atoms with Gasteiger partial charge in [0.1, 0.15) is 0 Å². The van der Waals surface area contributed by atoms with Crippen molar-refractivity contribution in [3.05, 3.63) is 35.4 Å². The topological polar surface area (TPSA) is 58.6 Å². The standard InChI is InChI=1S/C19H28N2O3/c1-19(2,3)16-7-5-15(6-8-16)17(22)18(23)20-9-4-10-21-11-13-24-14-12-21/h5-8H,4,9-14H2,1-3H3,(H,20,23). The third-order valence-electron chi connectivity index (χ3n) is 4.26. The summed E-state index contributed by atoms with van der Waals surface area (Å²) in [6.45, 7) is 11.2. The Bertz CT molecular complexity index is 555. The number of ether oxygens (including phenoxy) is 1. The van der Waals surface area contributed by atoms with Gasteiger partial charge in [-0.15, -0.1) is 0 Å². The maximum absolute atomic E-state index is 12.2. The monoisotopic (exact) mass is 332 g/mol. The largest absolute Gasteiger partial charge is 0.379 e. The van der Waals surface area contributed by atoms with E-state index in [0.717, 1.165) is 44.8 Å². The van der Waals surface area contributed by atoms with Crippen LogP contribution in [-0.4, -0.2) is 56.0 Å². The zero-order valence-corrected chi connectivity index (χ0v) is 14.9. The molecule has 5 nitrogen and oxygen atoms in total. The summed E-state index contributed by atoms with van der Waals surface area (Å²) in [5, 5.41) is 2.72. The zero-order valence-electron chi connectivity index (χ0n) is 14.9. The predicted molar refractivity (Wildman–Crippen MR) is 94.4 cm³/mol. The highest BCUT2D eigenvalue weighted by atomic mass is 16.5. The molecule has 1 N–H and O–H groups in total. The van der Waals surface area contributed by atoms with Gasteiger partial charge in [-0.05, 0) is 23.9 Å². The van der Waals surface area contributed by atoms with Crippen LogP contribution in [0.25, 0.3) is 0 Å². The minimum Gasteiger partial charge on any atom is -0.379 e. The molecule has 1 aliphatic heterocycles.